The van der Waals surface area contributed by atoms with Gasteiger partial charge < -0.3 is 15.6 Å². The van der Waals surface area contributed by atoms with Crippen molar-refractivity contribution in [2.24, 2.45) is 5.73 Å². The van der Waals surface area contributed by atoms with E-state index in [2.05, 4.69) is 71.5 Å². The molecule has 1 saturated carbocycles. The predicted octanol–water partition coefficient (Wildman–Crippen LogP) is 6.37. The molecule has 0 aliphatic heterocycles. The highest BCUT2D eigenvalue weighted by molar-refractivity contribution is 5.86. The van der Waals surface area contributed by atoms with E-state index in [1.165, 1.54) is 53.3 Å². The van der Waals surface area contributed by atoms with Crippen molar-refractivity contribution in [2.45, 2.75) is 57.4 Å². The van der Waals surface area contributed by atoms with E-state index in [0.717, 1.165) is 32.5 Å². The summed E-state index contributed by atoms with van der Waals surface area (Å²) in [6, 6.07) is 18.7. The van der Waals surface area contributed by atoms with Gasteiger partial charge in [0, 0.05) is 29.1 Å². The fourth-order valence-electron chi connectivity index (χ4n) is 4.98. The molecule has 0 saturated heterocycles. The Hall–Kier alpha value is -1.52. The lowest BCUT2D eigenvalue weighted by Crippen LogP contribution is -2.21. The van der Waals surface area contributed by atoms with Crippen LogP contribution in [0.25, 0.3) is 10.9 Å². The van der Waals surface area contributed by atoms with Crippen LogP contribution in [0.15, 0.2) is 54.7 Å². The summed E-state index contributed by atoms with van der Waals surface area (Å²) in [5, 5.41) is 5.02. The van der Waals surface area contributed by atoms with Crippen molar-refractivity contribution in [1.82, 2.24) is 9.88 Å². The number of halogens is 2. The molecule has 1 aromatic heterocycles. The van der Waals surface area contributed by atoms with Crippen molar-refractivity contribution in [3.05, 3.63) is 71.4 Å². The number of rotatable bonds is 9. The van der Waals surface area contributed by atoms with Crippen molar-refractivity contribution in [1.29, 1.82) is 0 Å². The topological polar surface area (TPSA) is 43.0 Å². The Balaban J connectivity index is 0.00000171. The highest BCUT2D eigenvalue weighted by Gasteiger charge is 2.24. The molecule has 0 spiro atoms. The Morgan fingerprint density at radius 1 is 1.03 bits per heavy atom. The number of hydrogen-bond donors (Lipinski definition) is 2. The summed E-state index contributed by atoms with van der Waals surface area (Å²) in [6.07, 6.45) is 9.97. The number of aromatic nitrogens is 1. The van der Waals surface area contributed by atoms with E-state index in [9.17, 15) is 0 Å². The van der Waals surface area contributed by atoms with Crippen LogP contribution in [0.2, 0.25) is 0 Å². The molecule has 1 fully saturated rings. The van der Waals surface area contributed by atoms with Crippen molar-refractivity contribution in [2.75, 3.05) is 19.6 Å². The molecule has 1 heterocycles. The minimum atomic E-state index is 0. The van der Waals surface area contributed by atoms with Crippen LogP contribution in [0.4, 0.5) is 0 Å². The number of benzene rings is 2. The van der Waals surface area contributed by atoms with E-state index in [1.54, 1.807) is 0 Å². The molecule has 1 aliphatic rings. The van der Waals surface area contributed by atoms with E-state index < -0.39 is 0 Å². The van der Waals surface area contributed by atoms with Crippen molar-refractivity contribution in [3.63, 3.8) is 0 Å². The van der Waals surface area contributed by atoms with Gasteiger partial charge in [-0.1, -0.05) is 60.9 Å². The highest BCUT2D eigenvalue weighted by atomic mass is 35.5. The van der Waals surface area contributed by atoms with Gasteiger partial charge in [0.1, 0.15) is 0 Å². The SMILES string of the molecule is Cc1cccc(C(CCNCCCN)c2cn(C3CCCC3)c3ccccc23)c1.Cl.Cl. The molecule has 3 N–H and O–H groups in total. The molecule has 4 rings (SSSR count). The molecule has 170 valence electrons. The van der Waals surface area contributed by atoms with Crippen LogP contribution in [-0.2, 0) is 0 Å². The molecule has 0 amide bonds. The van der Waals surface area contributed by atoms with Crippen molar-refractivity contribution in [3.8, 4) is 0 Å². The standard InChI is InChI=1S/C26H35N3.2ClH/c1-20-8-6-9-21(18-20)23(14-17-28-16-7-15-27)25-19-29(22-10-2-3-11-22)26-13-5-4-12-24(25)26;;/h4-6,8-9,12-13,18-19,22-23,28H,2-3,7,10-11,14-17,27H2,1H3;2*1H. The molecule has 1 atom stereocenters. The average Bonchev–Trinajstić information content (AvgIpc) is 3.39. The molecule has 0 bridgehead atoms. The van der Waals surface area contributed by atoms with Crippen LogP contribution in [0.1, 0.15) is 67.2 Å². The molecule has 5 heteroatoms. The normalized spacial score (nSPS) is 14.9. The van der Waals surface area contributed by atoms with Crippen LogP contribution in [0.3, 0.4) is 0 Å². The molecule has 3 aromatic rings. The maximum absolute atomic E-state index is 5.65. The van der Waals surface area contributed by atoms with Crippen LogP contribution < -0.4 is 11.1 Å². The van der Waals surface area contributed by atoms with Crippen molar-refractivity contribution >= 4 is 35.7 Å². The number of nitrogens with two attached hydrogens (primary N) is 1. The average molecular weight is 463 g/mol. The Morgan fingerprint density at radius 2 is 1.81 bits per heavy atom. The molecule has 0 radical (unpaired) electrons. The van der Waals surface area contributed by atoms with E-state index in [-0.39, 0.29) is 24.8 Å². The molecule has 2 aromatic carbocycles. The second kappa shape index (κ2) is 12.5. The Morgan fingerprint density at radius 3 is 2.55 bits per heavy atom. The van der Waals surface area contributed by atoms with Crippen LogP contribution in [-0.4, -0.2) is 24.2 Å². The van der Waals surface area contributed by atoms with Gasteiger partial charge in [0.15, 0.2) is 0 Å². The van der Waals surface area contributed by atoms with Gasteiger partial charge in [-0.25, -0.2) is 0 Å². The number of aryl methyl sites for hydroxylation is 1. The summed E-state index contributed by atoms with van der Waals surface area (Å²) >= 11 is 0. The third kappa shape index (κ3) is 6.04. The monoisotopic (exact) mass is 461 g/mol. The number of nitrogens with one attached hydrogen (secondary N) is 1. The maximum atomic E-state index is 5.65. The summed E-state index contributed by atoms with van der Waals surface area (Å²) in [5.41, 5.74) is 11.3. The smallest absolute Gasteiger partial charge is 0.0485 e. The second-order valence-corrected chi connectivity index (χ2v) is 8.59. The quantitative estimate of drug-likeness (QED) is 0.363. The van der Waals surface area contributed by atoms with Gasteiger partial charge in [-0.2, -0.15) is 0 Å². The summed E-state index contributed by atoms with van der Waals surface area (Å²) in [5.74, 6) is 0.410. The maximum Gasteiger partial charge on any atom is 0.0485 e. The molecule has 1 unspecified atom stereocenters. The minimum absolute atomic E-state index is 0. The Bertz CT molecular complexity index is 931. The molecular formula is C26H37Cl2N3. The zero-order valence-corrected chi connectivity index (χ0v) is 20.2. The summed E-state index contributed by atoms with van der Waals surface area (Å²) in [4.78, 5) is 0. The van der Waals surface area contributed by atoms with Crippen LogP contribution in [0.5, 0.6) is 0 Å². The summed E-state index contributed by atoms with van der Waals surface area (Å²) in [6.45, 7) is 4.97. The van der Waals surface area contributed by atoms with Gasteiger partial charge in [0.05, 0.1) is 0 Å². The van der Waals surface area contributed by atoms with Gasteiger partial charge in [0.25, 0.3) is 0 Å². The van der Waals surface area contributed by atoms with Crippen molar-refractivity contribution < 1.29 is 0 Å². The fraction of sp³-hybridized carbons (Fsp3) is 0.462. The first-order chi connectivity index (χ1) is 14.3. The molecular weight excluding hydrogens is 425 g/mol. The third-order valence-corrected chi connectivity index (χ3v) is 6.48. The zero-order chi connectivity index (χ0) is 20.1. The number of nitrogens with zero attached hydrogens (tertiary/aromatic N) is 1. The molecule has 31 heavy (non-hydrogen) atoms. The summed E-state index contributed by atoms with van der Waals surface area (Å²) < 4.78 is 2.59. The van der Waals surface area contributed by atoms with E-state index in [1.807, 2.05) is 0 Å². The largest absolute Gasteiger partial charge is 0.344 e. The van der Waals surface area contributed by atoms with Gasteiger partial charge in [-0.15, -0.1) is 24.8 Å². The minimum Gasteiger partial charge on any atom is -0.344 e. The van der Waals surface area contributed by atoms with E-state index in [4.69, 9.17) is 5.73 Å². The third-order valence-electron chi connectivity index (χ3n) is 6.48. The predicted molar refractivity (Wildman–Crippen MR) is 138 cm³/mol. The molecule has 1 aliphatic carbocycles. The number of fused-ring (bicyclic) bond motifs is 1. The lowest BCUT2D eigenvalue weighted by Gasteiger charge is -2.19. The number of para-hydroxylation sites is 1. The second-order valence-electron chi connectivity index (χ2n) is 8.59. The summed E-state index contributed by atoms with van der Waals surface area (Å²) in [7, 11) is 0. The molecule has 3 nitrogen and oxygen atoms in total. The first-order valence-electron chi connectivity index (χ1n) is 11.3. The van der Waals surface area contributed by atoms with Gasteiger partial charge in [-0.3, -0.25) is 0 Å². The Labute approximate surface area is 199 Å². The van der Waals surface area contributed by atoms with Gasteiger partial charge >= 0.3 is 0 Å². The lowest BCUT2D eigenvalue weighted by molar-refractivity contribution is 0.532. The van der Waals surface area contributed by atoms with E-state index in [0.29, 0.717) is 12.0 Å². The number of hydrogen-bond acceptors (Lipinski definition) is 2. The van der Waals surface area contributed by atoms with Gasteiger partial charge in [0.2, 0.25) is 0 Å². The van der Waals surface area contributed by atoms with Crippen LogP contribution in [0, 0.1) is 6.92 Å². The zero-order valence-electron chi connectivity index (χ0n) is 18.6. The fourth-order valence-corrected chi connectivity index (χ4v) is 4.98. The Kier molecular flexibility index (Phi) is 10.4. The van der Waals surface area contributed by atoms with Gasteiger partial charge in [-0.05, 0) is 69.4 Å². The lowest BCUT2D eigenvalue weighted by atomic mass is 9.87. The first-order valence-corrected chi connectivity index (χ1v) is 11.3. The highest BCUT2D eigenvalue weighted by Crippen LogP contribution is 2.39. The first kappa shape index (κ1) is 25.7. The van der Waals surface area contributed by atoms with E-state index >= 15 is 0 Å². The van der Waals surface area contributed by atoms with Crippen LogP contribution >= 0.6 is 24.8 Å².